The van der Waals surface area contributed by atoms with Crippen molar-refractivity contribution < 1.29 is 9.84 Å². The fourth-order valence-corrected chi connectivity index (χ4v) is 2.07. The lowest BCUT2D eigenvalue weighted by Gasteiger charge is -2.05. The van der Waals surface area contributed by atoms with Gasteiger partial charge in [0.25, 0.3) is 0 Å². The van der Waals surface area contributed by atoms with Gasteiger partial charge in [0.15, 0.2) is 5.65 Å². The summed E-state index contributed by atoms with van der Waals surface area (Å²) in [6, 6.07) is 11.6. The second-order valence-corrected chi connectivity index (χ2v) is 4.37. The van der Waals surface area contributed by atoms with Crippen LogP contribution in [-0.2, 0) is 6.61 Å². The number of imidazole rings is 1. The van der Waals surface area contributed by atoms with E-state index >= 15 is 0 Å². The van der Waals surface area contributed by atoms with Gasteiger partial charge in [-0.1, -0.05) is 12.1 Å². The molecule has 0 bridgehead atoms. The Morgan fingerprint density at radius 1 is 1.25 bits per heavy atom. The number of hydrogen-bond donors (Lipinski definition) is 1. The average Bonchev–Trinajstić information content (AvgIpc) is 2.90. The highest BCUT2D eigenvalue weighted by Crippen LogP contribution is 2.22. The largest absolute Gasteiger partial charge is 0.494 e. The number of hydrogen-bond acceptors (Lipinski definition) is 4. The minimum Gasteiger partial charge on any atom is -0.494 e. The monoisotopic (exact) mass is 269 g/mol. The third kappa shape index (κ3) is 2.35. The molecule has 0 amide bonds. The molecule has 0 saturated carbocycles. The predicted octanol–water partition coefficient (Wildman–Crippen LogP) is 2.29. The molecule has 0 unspecified atom stereocenters. The van der Waals surface area contributed by atoms with E-state index in [1.807, 2.05) is 43.3 Å². The molecule has 1 aromatic carbocycles. The van der Waals surface area contributed by atoms with E-state index in [1.54, 1.807) is 10.7 Å². The Balaban J connectivity index is 2.02. The van der Waals surface area contributed by atoms with Gasteiger partial charge < -0.3 is 9.84 Å². The molecular formula is C15H15N3O2. The molecule has 102 valence electrons. The Kier molecular flexibility index (Phi) is 3.35. The number of benzene rings is 1. The summed E-state index contributed by atoms with van der Waals surface area (Å²) in [5.74, 6) is 0.827. The summed E-state index contributed by atoms with van der Waals surface area (Å²) in [7, 11) is 0. The molecular weight excluding hydrogens is 254 g/mol. The number of ether oxygens (including phenoxy) is 1. The van der Waals surface area contributed by atoms with Crippen molar-refractivity contribution in [1.29, 1.82) is 0 Å². The van der Waals surface area contributed by atoms with Gasteiger partial charge in [-0.25, -0.2) is 9.50 Å². The highest BCUT2D eigenvalue weighted by molar-refractivity contribution is 5.62. The number of aromatic nitrogens is 3. The summed E-state index contributed by atoms with van der Waals surface area (Å²) in [6.45, 7) is 2.51. The Morgan fingerprint density at radius 3 is 2.95 bits per heavy atom. The van der Waals surface area contributed by atoms with Crippen LogP contribution in [0.4, 0.5) is 0 Å². The van der Waals surface area contributed by atoms with Gasteiger partial charge in [0.05, 0.1) is 30.8 Å². The van der Waals surface area contributed by atoms with E-state index in [2.05, 4.69) is 10.1 Å². The Labute approximate surface area is 116 Å². The molecule has 2 aromatic heterocycles. The van der Waals surface area contributed by atoms with Crippen LogP contribution >= 0.6 is 0 Å². The molecule has 2 heterocycles. The molecule has 0 spiro atoms. The first-order valence-electron chi connectivity index (χ1n) is 6.49. The molecule has 0 aliphatic heterocycles. The standard InChI is InChI=1S/C15H15N3O2/c1-2-20-13-5-3-4-11(8-13)14-6-7-15-16-12(10-19)9-18(15)17-14/h3-9,19H,2,10H2,1H3. The van der Waals surface area contributed by atoms with Crippen LogP contribution in [0, 0.1) is 0 Å². The van der Waals surface area contributed by atoms with Gasteiger partial charge in [-0.05, 0) is 31.2 Å². The van der Waals surface area contributed by atoms with Crippen LogP contribution in [0.15, 0.2) is 42.6 Å². The van der Waals surface area contributed by atoms with Gasteiger partial charge in [-0.15, -0.1) is 0 Å². The number of rotatable bonds is 4. The van der Waals surface area contributed by atoms with Gasteiger partial charge in [-0.2, -0.15) is 5.10 Å². The quantitative estimate of drug-likeness (QED) is 0.789. The normalized spacial score (nSPS) is 10.9. The third-order valence-corrected chi connectivity index (χ3v) is 2.97. The highest BCUT2D eigenvalue weighted by Gasteiger charge is 2.05. The minimum absolute atomic E-state index is 0.0848. The fraction of sp³-hybridized carbons (Fsp3) is 0.200. The Bertz CT molecular complexity index is 737. The summed E-state index contributed by atoms with van der Waals surface area (Å²) in [6.07, 6.45) is 1.73. The van der Waals surface area contributed by atoms with Crippen molar-refractivity contribution in [2.45, 2.75) is 13.5 Å². The summed E-state index contributed by atoms with van der Waals surface area (Å²) >= 11 is 0. The van der Waals surface area contributed by atoms with Gasteiger partial charge >= 0.3 is 0 Å². The maximum atomic E-state index is 9.10. The van der Waals surface area contributed by atoms with Crippen LogP contribution in [0.1, 0.15) is 12.6 Å². The van der Waals surface area contributed by atoms with E-state index in [4.69, 9.17) is 9.84 Å². The molecule has 0 radical (unpaired) electrons. The first kappa shape index (κ1) is 12.6. The van der Waals surface area contributed by atoms with Crippen LogP contribution in [-0.4, -0.2) is 26.3 Å². The lowest BCUT2D eigenvalue weighted by Crippen LogP contribution is -1.94. The van der Waals surface area contributed by atoms with Crippen molar-refractivity contribution >= 4 is 5.65 Å². The van der Waals surface area contributed by atoms with Crippen LogP contribution in [0.3, 0.4) is 0 Å². The second-order valence-electron chi connectivity index (χ2n) is 4.37. The third-order valence-electron chi connectivity index (χ3n) is 2.97. The maximum Gasteiger partial charge on any atom is 0.153 e. The number of aliphatic hydroxyl groups excluding tert-OH is 1. The maximum absolute atomic E-state index is 9.10. The van der Waals surface area contributed by atoms with Gasteiger partial charge in [0.2, 0.25) is 0 Å². The molecule has 5 nitrogen and oxygen atoms in total. The predicted molar refractivity (Wildman–Crippen MR) is 75.5 cm³/mol. The van der Waals surface area contributed by atoms with E-state index < -0.39 is 0 Å². The van der Waals surface area contributed by atoms with Crippen LogP contribution < -0.4 is 4.74 Å². The van der Waals surface area contributed by atoms with Gasteiger partial charge in [0, 0.05) is 5.56 Å². The summed E-state index contributed by atoms with van der Waals surface area (Å²) in [5.41, 5.74) is 3.15. The Hall–Kier alpha value is -2.40. The first-order chi connectivity index (χ1) is 9.80. The molecule has 0 saturated heterocycles. The second kappa shape index (κ2) is 5.30. The van der Waals surface area contributed by atoms with E-state index in [-0.39, 0.29) is 6.61 Å². The molecule has 20 heavy (non-hydrogen) atoms. The van der Waals surface area contributed by atoms with Gasteiger partial charge in [-0.3, -0.25) is 0 Å². The van der Waals surface area contributed by atoms with E-state index in [1.165, 1.54) is 0 Å². The molecule has 1 N–H and O–H groups in total. The van der Waals surface area contributed by atoms with Crippen LogP contribution in [0.25, 0.3) is 16.9 Å². The van der Waals surface area contributed by atoms with Gasteiger partial charge in [0.1, 0.15) is 5.75 Å². The summed E-state index contributed by atoms with van der Waals surface area (Å²) < 4.78 is 7.17. The number of fused-ring (bicyclic) bond motifs is 1. The molecule has 5 heteroatoms. The summed E-state index contributed by atoms with van der Waals surface area (Å²) in [4.78, 5) is 4.24. The summed E-state index contributed by atoms with van der Waals surface area (Å²) in [5, 5.41) is 13.6. The van der Waals surface area contributed by atoms with Crippen LogP contribution in [0.5, 0.6) is 5.75 Å². The van der Waals surface area contributed by atoms with Crippen molar-refractivity contribution in [1.82, 2.24) is 14.6 Å². The zero-order valence-corrected chi connectivity index (χ0v) is 11.2. The lowest BCUT2D eigenvalue weighted by molar-refractivity contribution is 0.277. The van der Waals surface area contributed by atoms with E-state index in [0.717, 1.165) is 22.7 Å². The van der Waals surface area contributed by atoms with E-state index in [0.29, 0.717) is 12.3 Å². The molecule has 0 atom stereocenters. The van der Waals surface area contributed by atoms with Crippen molar-refractivity contribution in [3.05, 3.63) is 48.3 Å². The van der Waals surface area contributed by atoms with E-state index in [9.17, 15) is 0 Å². The lowest BCUT2D eigenvalue weighted by atomic mass is 10.1. The molecule has 0 aliphatic carbocycles. The zero-order valence-electron chi connectivity index (χ0n) is 11.2. The molecule has 0 fully saturated rings. The first-order valence-corrected chi connectivity index (χ1v) is 6.49. The minimum atomic E-state index is -0.0848. The zero-order chi connectivity index (χ0) is 13.9. The van der Waals surface area contributed by atoms with Crippen molar-refractivity contribution in [3.63, 3.8) is 0 Å². The van der Waals surface area contributed by atoms with Crippen molar-refractivity contribution in [2.75, 3.05) is 6.61 Å². The topological polar surface area (TPSA) is 59.7 Å². The van der Waals surface area contributed by atoms with Crippen molar-refractivity contribution in [2.24, 2.45) is 0 Å². The molecule has 3 rings (SSSR count). The number of aliphatic hydroxyl groups is 1. The fourth-order valence-electron chi connectivity index (χ4n) is 2.07. The van der Waals surface area contributed by atoms with Crippen molar-refractivity contribution in [3.8, 4) is 17.0 Å². The smallest absolute Gasteiger partial charge is 0.153 e. The SMILES string of the molecule is CCOc1cccc(-c2ccc3nc(CO)cn3n2)c1. The Morgan fingerprint density at radius 2 is 2.15 bits per heavy atom. The van der Waals surface area contributed by atoms with Crippen LogP contribution in [0.2, 0.25) is 0 Å². The average molecular weight is 269 g/mol. The molecule has 3 aromatic rings. The highest BCUT2D eigenvalue weighted by atomic mass is 16.5. The number of nitrogens with zero attached hydrogens (tertiary/aromatic N) is 3. The molecule has 0 aliphatic rings.